The van der Waals surface area contributed by atoms with Crippen LogP contribution in [0.25, 0.3) is 72.7 Å². The number of hydrogen-bond donors (Lipinski definition) is 0. The van der Waals surface area contributed by atoms with Gasteiger partial charge in [0, 0.05) is 73.5 Å². The first-order valence-electron chi connectivity index (χ1n) is 27.3. The van der Waals surface area contributed by atoms with Crippen molar-refractivity contribution >= 4 is 99.0 Å². The van der Waals surface area contributed by atoms with E-state index in [4.69, 9.17) is 13.1 Å². The van der Waals surface area contributed by atoms with Gasteiger partial charge in [0.05, 0.1) is 45.5 Å². The van der Waals surface area contributed by atoms with Crippen molar-refractivity contribution in [2.24, 2.45) is 0 Å². The van der Waals surface area contributed by atoms with Gasteiger partial charge in [0.2, 0.25) is 0 Å². The lowest BCUT2D eigenvalue weighted by Crippen LogP contribution is -2.30. The van der Waals surface area contributed by atoms with Crippen molar-refractivity contribution in [2.75, 3.05) is 0 Å². The Hall–Kier alpha value is -9.88. The number of nitrogens with zero attached hydrogens (tertiary/aromatic N) is 4. The number of fused-ring (bicyclic) bond motifs is 12. The summed E-state index contributed by atoms with van der Waals surface area (Å²) in [5.74, 6) is -0.401. The first-order chi connectivity index (χ1) is 40.9. The Kier molecular flexibility index (Phi) is 11.4. The van der Waals surface area contributed by atoms with Crippen molar-refractivity contribution in [3.63, 3.8) is 0 Å². The summed E-state index contributed by atoms with van der Waals surface area (Å²) in [6.45, 7) is 24.6. The maximum atomic E-state index is 14.3. The fraction of sp³-hybridized carbons (Fsp3) is 0.0811. The van der Waals surface area contributed by atoms with Gasteiger partial charge in [-0.3, -0.25) is 9.59 Å². The fourth-order valence-corrected chi connectivity index (χ4v) is 19.3. The number of carbonyl (C=O) groups excluding carboxylic acids is 2. The van der Waals surface area contributed by atoms with Gasteiger partial charge in [0.15, 0.2) is 11.6 Å². The van der Waals surface area contributed by atoms with Crippen LogP contribution in [0.4, 0.5) is 0 Å². The van der Waals surface area contributed by atoms with Gasteiger partial charge in [-0.15, -0.1) is 45.3 Å². The van der Waals surface area contributed by atoms with Crippen molar-refractivity contribution in [1.82, 2.24) is 0 Å². The van der Waals surface area contributed by atoms with Gasteiger partial charge >= 0.3 is 0 Å². The van der Waals surface area contributed by atoms with Crippen LogP contribution in [-0.2, 0) is 10.8 Å². The normalized spacial score (nSPS) is 16.9. The van der Waals surface area contributed by atoms with E-state index in [0.717, 1.165) is 84.2 Å². The SMILES string of the molecule is [C-]#[N+]/C(C#N)=C1\C(=C\c2cc3sc4c(c3s2)C(c2cccc(C)c2)(c2cccc(C)c2)c2cc3c(cc2-4)C(c2cccc(C)c2)(c2cccc(C)c2)c2c-3sc3cc(/C=C4\C(=O)c5ccccc5\C4=C(\C#N)[N+]#[C-])sc23)C(=O)c2ccccc21. The molecule has 7 aromatic carbocycles. The summed E-state index contributed by atoms with van der Waals surface area (Å²) in [5, 5.41) is 20.5. The van der Waals surface area contributed by atoms with Crippen LogP contribution in [0.5, 0.6) is 0 Å². The number of rotatable bonds is 6. The van der Waals surface area contributed by atoms with E-state index in [1.54, 1.807) is 57.5 Å². The van der Waals surface area contributed by atoms with Crippen molar-refractivity contribution < 1.29 is 9.59 Å². The Bertz CT molecular complexity index is 4740. The van der Waals surface area contributed by atoms with Gasteiger partial charge in [-0.1, -0.05) is 168 Å². The summed E-state index contributed by atoms with van der Waals surface area (Å²) < 4.78 is 4.39. The summed E-state index contributed by atoms with van der Waals surface area (Å²) >= 11 is 6.85. The van der Waals surface area contributed by atoms with E-state index in [2.05, 4.69) is 171 Å². The Morgan fingerprint density at radius 2 is 0.786 bits per heavy atom. The second-order valence-electron chi connectivity index (χ2n) is 22.0. The van der Waals surface area contributed by atoms with E-state index in [9.17, 15) is 20.1 Å². The molecular formula is C74H42N4O2S4. The third kappa shape index (κ3) is 7.01. The highest BCUT2D eigenvalue weighted by atomic mass is 32.1. The molecule has 4 aliphatic rings. The zero-order valence-electron chi connectivity index (χ0n) is 45.6. The lowest BCUT2D eigenvalue weighted by atomic mass is 9.65. The molecular weight excluding hydrogens is 1110 g/mol. The molecule has 0 saturated heterocycles. The van der Waals surface area contributed by atoms with Crippen LogP contribution in [0.2, 0.25) is 0 Å². The highest BCUT2D eigenvalue weighted by Crippen LogP contribution is 2.68. The Morgan fingerprint density at radius 3 is 1.11 bits per heavy atom. The molecule has 4 aromatic heterocycles. The number of aryl methyl sites for hydroxylation is 4. The molecule has 0 amide bonds. The minimum absolute atomic E-state index is 0.106. The second kappa shape index (κ2) is 18.8. The summed E-state index contributed by atoms with van der Waals surface area (Å²) in [6.07, 6.45) is 3.78. The summed E-state index contributed by atoms with van der Waals surface area (Å²) in [4.78, 5) is 40.0. The molecule has 0 N–H and O–H groups in total. The molecule has 15 rings (SSSR count). The van der Waals surface area contributed by atoms with Crippen molar-refractivity contribution in [2.45, 2.75) is 38.5 Å². The molecule has 10 heteroatoms. The molecule has 0 fully saturated rings. The number of benzene rings is 7. The van der Waals surface area contributed by atoms with E-state index >= 15 is 0 Å². The highest BCUT2D eigenvalue weighted by molar-refractivity contribution is 7.31. The number of thiophene rings is 4. The molecule has 4 heterocycles. The van der Waals surface area contributed by atoms with Gasteiger partial charge in [0.1, 0.15) is 0 Å². The number of carbonyl (C=O) groups is 2. The maximum Gasteiger partial charge on any atom is 0.270 e. The lowest BCUT2D eigenvalue weighted by Gasteiger charge is -2.36. The van der Waals surface area contributed by atoms with E-state index in [-0.39, 0.29) is 23.0 Å². The molecule has 0 saturated carbocycles. The highest BCUT2D eigenvalue weighted by Gasteiger charge is 2.54. The Labute approximate surface area is 501 Å². The molecule has 0 bridgehead atoms. The number of nitriles is 2. The van der Waals surface area contributed by atoms with Crippen LogP contribution < -0.4 is 0 Å². The first-order valence-corrected chi connectivity index (χ1v) is 30.6. The minimum atomic E-state index is -0.815. The molecule has 84 heavy (non-hydrogen) atoms. The quantitative estimate of drug-likeness (QED) is 0.0942. The number of Topliss-reactive ketones (excluding diaryl/α,β-unsaturated/α-hetero) is 2. The molecule has 0 unspecified atom stereocenters. The summed E-state index contributed by atoms with van der Waals surface area (Å²) in [5.41, 5.74) is 18.0. The van der Waals surface area contributed by atoms with Gasteiger partial charge in [-0.2, -0.15) is 0 Å². The molecule has 0 radical (unpaired) electrons. The minimum Gasteiger partial charge on any atom is -0.289 e. The average molecular weight is 1150 g/mol. The summed E-state index contributed by atoms with van der Waals surface area (Å²) in [7, 11) is 0. The second-order valence-corrected chi connectivity index (χ2v) is 26.2. The predicted molar refractivity (Wildman–Crippen MR) is 342 cm³/mol. The monoisotopic (exact) mass is 1150 g/mol. The van der Waals surface area contributed by atoms with Crippen LogP contribution in [0.15, 0.2) is 192 Å². The van der Waals surface area contributed by atoms with Crippen LogP contribution in [0, 0.1) is 63.5 Å². The third-order valence-corrected chi connectivity index (χ3v) is 22.0. The Balaban J connectivity index is 1.03. The van der Waals surface area contributed by atoms with Gasteiger partial charge < -0.3 is 0 Å². The molecule has 0 aliphatic heterocycles. The van der Waals surface area contributed by atoms with E-state index in [0.29, 0.717) is 44.5 Å². The zero-order chi connectivity index (χ0) is 57.5. The fourth-order valence-electron chi connectivity index (χ4n) is 13.9. The number of hydrogen-bond acceptors (Lipinski definition) is 8. The van der Waals surface area contributed by atoms with Crippen molar-refractivity contribution in [3.05, 3.63) is 314 Å². The molecule has 6 nitrogen and oxygen atoms in total. The van der Waals surface area contributed by atoms with Crippen LogP contribution in [-0.4, -0.2) is 11.6 Å². The molecule has 11 aromatic rings. The van der Waals surface area contributed by atoms with E-state index < -0.39 is 10.8 Å². The van der Waals surface area contributed by atoms with Gasteiger partial charge in [-0.25, -0.2) is 20.2 Å². The van der Waals surface area contributed by atoms with Crippen LogP contribution in [0.3, 0.4) is 0 Å². The zero-order valence-corrected chi connectivity index (χ0v) is 48.8. The third-order valence-electron chi connectivity index (χ3n) is 17.2. The van der Waals surface area contributed by atoms with Gasteiger partial charge in [0.25, 0.3) is 11.4 Å². The molecule has 0 atom stereocenters. The number of allylic oxidation sites excluding steroid dienone is 6. The van der Waals surface area contributed by atoms with Crippen molar-refractivity contribution in [3.8, 4) is 33.0 Å². The average Bonchev–Trinajstić information content (AvgIpc) is 1.52. The Morgan fingerprint density at radius 1 is 0.440 bits per heavy atom. The maximum absolute atomic E-state index is 14.3. The smallest absolute Gasteiger partial charge is 0.270 e. The molecule has 4 aliphatic carbocycles. The predicted octanol–water partition coefficient (Wildman–Crippen LogP) is 19.1. The van der Waals surface area contributed by atoms with Crippen molar-refractivity contribution in [1.29, 1.82) is 10.5 Å². The number of ketones is 2. The lowest BCUT2D eigenvalue weighted by molar-refractivity contribution is 0.103. The standard InChI is InChI=1S/C74H42N4O2S4/c1-39-15-11-19-43(27-39)73(44-20-12-16-40(2)28-44)57-35-54-58(36-53(57)69-65(73)71-61(83-69)33-47(81-71)31-55-63(59(37-75)77-5)49-23-7-9-25-51(49)67(55)79)74(45-21-13-17-41(3)29-45,46-22-14-18-42(4)30-46)66-70(54)84-62-34-48(82-72(62)66)32-56-64(60(38-76)78-6)50-24-8-10-26-52(50)68(56)80/h7-36H,1-4H3/b55-31-,56-32-,63-59-,64-60+. The first kappa shape index (κ1) is 51.0. The van der Waals surface area contributed by atoms with E-state index in [1.165, 1.54) is 32.0 Å². The van der Waals surface area contributed by atoms with E-state index in [1.807, 2.05) is 48.6 Å². The molecule has 394 valence electrons. The largest absolute Gasteiger partial charge is 0.289 e. The van der Waals surface area contributed by atoms with Crippen LogP contribution in [0.1, 0.15) is 108 Å². The topological polar surface area (TPSA) is 90.4 Å². The van der Waals surface area contributed by atoms with Gasteiger partial charge in [-0.05, 0) is 120 Å². The summed E-state index contributed by atoms with van der Waals surface area (Å²) in [6, 6.07) is 63.8. The van der Waals surface area contributed by atoms with Crippen LogP contribution >= 0.6 is 45.3 Å². The molecule has 0 spiro atoms.